The predicted molar refractivity (Wildman–Crippen MR) is 126 cm³/mol. The highest BCUT2D eigenvalue weighted by Crippen LogP contribution is 2.23. The van der Waals surface area contributed by atoms with Crippen molar-refractivity contribution in [3.8, 4) is 0 Å². The monoisotopic (exact) mass is 522 g/mol. The molecule has 2 aliphatic rings. The molecule has 0 aliphatic carbocycles. The molecule has 0 bridgehead atoms. The largest absolute Gasteiger partial charge is 0.381 e. The lowest BCUT2D eigenvalue weighted by molar-refractivity contribution is -0.0320. The molecule has 0 radical (unpaired) electrons. The standard InChI is InChI=1S/C20H31ClN4O2.HI/c1-22-20(23-9-3-11-27-19-7-12-26-13-8-19)24-17-6-10-25(15-17)18-5-2-4-16(21)14-18;/h2,4-5,14,17,19H,3,6-13,15H2,1H3,(H2,22,23,24);1H. The third-order valence-corrected chi connectivity index (χ3v) is 5.30. The Morgan fingerprint density at radius 3 is 2.89 bits per heavy atom. The van der Waals surface area contributed by atoms with E-state index in [1.165, 1.54) is 5.69 Å². The van der Waals surface area contributed by atoms with E-state index in [0.29, 0.717) is 12.1 Å². The number of benzene rings is 1. The van der Waals surface area contributed by atoms with Crippen molar-refractivity contribution < 1.29 is 9.47 Å². The van der Waals surface area contributed by atoms with Gasteiger partial charge in [-0.3, -0.25) is 4.99 Å². The fraction of sp³-hybridized carbons (Fsp3) is 0.650. The van der Waals surface area contributed by atoms with Gasteiger partial charge in [-0.2, -0.15) is 0 Å². The van der Waals surface area contributed by atoms with E-state index in [1.54, 1.807) is 0 Å². The molecule has 28 heavy (non-hydrogen) atoms. The molecular weight excluding hydrogens is 491 g/mol. The maximum absolute atomic E-state index is 6.11. The molecule has 2 N–H and O–H groups in total. The van der Waals surface area contributed by atoms with Crippen LogP contribution in [-0.2, 0) is 9.47 Å². The highest BCUT2D eigenvalue weighted by Gasteiger charge is 2.23. The highest BCUT2D eigenvalue weighted by molar-refractivity contribution is 14.0. The van der Waals surface area contributed by atoms with E-state index in [2.05, 4.69) is 26.6 Å². The number of aliphatic imine (C=N–C) groups is 1. The summed E-state index contributed by atoms with van der Waals surface area (Å²) in [6, 6.07) is 8.43. The second-order valence-electron chi connectivity index (χ2n) is 7.09. The summed E-state index contributed by atoms with van der Waals surface area (Å²) in [5.41, 5.74) is 1.18. The summed E-state index contributed by atoms with van der Waals surface area (Å²) in [5.74, 6) is 0.860. The third kappa shape index (κ3) is 7.57. The molecule has 1 aromatic rings. The number of nitrogens with one attached hydrogen (secondary N) is 2. The summed E-state index contributed by atoms with van der Waals surface area (Å²) < 4.78 is 11.3. The van der Waals surface area contributed by atoms with Gasteiger partial charge in [-0.25, -0.2) is 0 Å². The molecule has 0 spiro atoms. The van der Waals surface area contributed by atoms with Gasteiger partial charge in [0, 0.05) is 63.3 Å². The first kappa shape index (κ1) is 23.5. The quantitative estimate of drug-likeness (QED) is 0.249. The summed E-state index contributed by atoms with van der Waals surface area (Å²) in [5, 5.41) is 7.70. The van der Waals surface area contributed by atoms with Crippen molar-refractivity contribution in [2.75, 3.05) is 51.4 Å². The van der Waals surface area contributed by atoms with Crippen molar-refractivity contribution in [2.24, 2.45) is 4.99 Å². The van der Waals surface area contributed by atoms with E-state index in [4.69, 9.17) is 21.1 Å². The van der Waals surface area contributed by atoms with E-state index < -0.39 is 0 Å². The van der Waals surface area contributed by atoms with Crippen LogP contribution in [0.5, 0.6) is 0 Å². The summed E-state index contributed by atoms with van der Waals surface area (Å²) in [6.07, 6.45) is 4.45. The maximum Gasteiger partial charge on any atom is 0.191 e. The van der Waals surface area contributed by atoms with Crippen LogP contribution in [0.4, 0.5) is 5.69 Å². The Balaban J connectivity index is 0.00000280. The molecule has 2 aliphatic heterocycles. The van der Waals surface area contributed by atoms with Gasteiger partial charge < -0.3 is 25.0 Å². The van der Waals surface area contributed by atoms with E-state index >= 15 is 0 Å². The first-order valence-electron chi connectivity index (χ1n) is 9.91. The van der Waals surface area contributed by atoms with Gasteiger partial charge in [-0.05, 0) is 43.9 Å². The Morgan fingerprint density at radius 1 is 1.32 bits per heavy atom. The Kier molecular flexibility index (Phi) is 10.7. The van der Waals surface area contributed by atoms with Gasteiger partial charge in [-0.1, -0.05) is 17.7 Å². The predicted octanol–water partition coefficient (Wildman–Crippen LogP) is 3.29. The van der Waals surface area contributed by atoms with E-state index in [-0.39, 0.29) is 24.0 Å². The molecule has 2 saturated heterocycles. The molecule has 1 atom stereocenters. The number of nitrogens with zero attached hydrogens (tertiary/aromatic N) is 2. The minimum atomic E-state index is 0. The van der Waals surface area contributed by atoms with Gasteiger partial charge in [-0.15, -0.1) is 24.0 Å². The topological polar surface area (TPSA) is 58.1 Å². The first-order valence-corrected chi connectivity index (χ1v) is 10.3. The van der Waals surface area contributed by atoms with Crippen LogP contribution in [0.3, 0.4) is 0 Å². The van der Waals surface area contributed by atoms with Crippen LogP contribution < -0.4 is 15.5 Å². The Hall–Kier alpha value is -0.770. The minimum Gasteiger partial charge on any atom is -0.381 e. The lowest BCUT2D eigenvalue weighted by Gasteiger charge is -2.22. The molecule has 6 nitrogen and oxygen atoms in total. The summed E-state index contributed by atoms with van der Waals surface area (Å²) in [4.78, 5) is 6.71. The summed E-state index contributed by atoms with van der Waals surface area (Å²) in [7, 11) is 1.82. The van der Waals surface area contributed by atoms with Crippen molar-refractivity contribution in [3.63, 3.8) is 0 Å². The number of anilines is 1. The van der Waals surface area contributed by atoms with Crippen molar-refractivity contribution in [1.29, 1.82) is 0 Å². The zero-order valence-electron chi connectivity index (χ0n) is 16.5. The fourth-order valence-electron chi connectivity index (χ4n) is 3.54. The van der Waals surface area contributed by atoms with Gasteiger partial charge in [0.25, 0.3) is 0 Å². The van der Waals surface area contributed by atoms with Crippen LogP contribution in [0.1, 0.15) is 25.7 Å². The molecule has 0 aromatic heterocycles. The molecule has 8 heteroatoms. The zero-order chi connectivity index (χ0) is 18.9. The van der Waals surface area contributed by atoms with Gasteiger partial charge in [0.1, 0.15) is 0 Å². The second-order valence-corrected chi connectivity index (χ2v) is 7.53. The van der Waals surface area contributed by atoms with Gasteiger partial charge in [0.2, 0.25) is 0 Å². The zero-order valence-corrected chi connectivity index (χ0v) is 19.6. The van der Waals surface area contributed by atoms with Crippen molar-refractivity contribution in [1.82, 2.24) is 10.6 Å². The molecule has 3 rings (SSSR count). The SMILES string of the molecule is CN=C(NCCCOC1CCOCC1)NC1CCN(c2cccc(Cl)c2)C1.I. The van der Waals surface area contributed by atoms with Gasteiger partial charge in [0.05, 0.1) is 6.10 Å². The normalized spacial score (nSPS) is 20.7. The number of guanidine groups is 1. The van der Waals surface area contributed by atoms with Crippen LogP contribution in [0.15, 0.2) is 29.3 Å². The summed E-state index contributed by atoms with van der Waals surface area (Å²) in [6.45, 7) is 5.26. The van der Waals surface area contributed by atoms with Gasteiger partial charge >= 0.3 is 0 Å². The van der Waals surface area contributed by atoms with E-state index in [9.17, 15) is 0 Å². The Labute approximate surface area is 190 Å². The smallest absolute Gasteiger partial charge is 0.191 e. The van der Waals surface area contributed by atoms with Crippen molar-refractivity contribution in [2.45, 2.75) is 37.8 Å². The molecule has 1 unspecified atom stereocenters. The van der Waals surface area contributed by atoms with Crippen molar-refractivity contribution in [3.05, 3.63) is 29.3 Å². The number of hydrogen-bond acceptors (Lipinski definition) is 4. The van der Waals surface area contributed by atoms with E-state index in [1.807, 2.05) is 25.2 Å². The number of ether oxygens (including phenoxy) is 2. The van der Waals surface area contributed by atoms with Crippen LogP contribution in [0.25, 0.3) is 0 Å². The molecule has 0 saturated carbocycles. The summed E-state index contributed by atoms with van der Waals surface area (Å²) >= 11 is 6.11. The molecule has 1 aromatic carbocycles. The highest BCUT2D eigenvalue weighted by atomic mass is 127. The Morgan fingerprint density at radius 2 is 2.14 bits per heavy atom. The average molecular weight is 523 g/mol. The Bertz CT molecular complexity index is 614. The lowest BCUT2D eigenvalue weighted by atomic mass is 10.1. The average Bonchev–Trinajstić information content (AvgIpc) is 3.16. The van der Waals surface area contributed by atoms with Gasteiger partial charge in [0.15, 0.2) is 5.96 Å². The second kappa shape index (κ2) is 12.7. The van der Waals surface area contributed by atoms with E-state index in [0.717, 1.165) is 76.1 Å². The molecule has 2 fully saturated rings. The van der Waals surface area contributed by atoms with Crippen LogP contribution in [0.2, 0.25) is 5.02 Å². The fourth-order valence-corrected chi connectivity index (χ4v) is 3.73. The molecular formula is C20H32ClIN4O2. The number of hydrogen-bond donors (Lipinski definition) is 2. The van der Waals surface area contributed by atoms with Crippen LogP contribution in [-0.4, -0.2) is 64.6 Å². The maximum atomic E-state index is 6.11. The first-order chi connectivity index (χ1) is 13.2. The number of halogens is 2. The molecule has 0 amide bonds. The minimum absolute atomic E-state index is 0. The number of rotatable bonds is 7. The molecule has 158 valence electrons. The van der Waals surface area contributed by atoms with Crippen LogP contribution in [0, 0.1) is 0 Å². The molecule has 2 heterocycles. The third-order valence-electron chi connectivity index (χ3n) is 5.06. The van der Waals surface area contributed by atoms with Crippen LogP contribution >= 0.6 is 35.6 Å². The lowest BCUT2D eigenvalue weighted by Crippen LogP contribution is -2.45. The van der Waals surface area contributed by atoms with Crippen molar-refractivity contribution >= 4 is 47.2 Å².